The molecule has 0 aliphatic carbocycles. The average Bonchev–Trinajstić information content (AvgIpc) is 3.54. The van der Waals surface area contributed by atoms with Gasteiger partial charge in [-0.25, -0.2) is 9.78 Å². The summed E-state index contributed by atoms with van der Waals surface area (Å²) < 4.78 is 20.6. The molecule has 0 saturated carbocycles. The number of methoxy groups -OCH3 is 1. The highest BCUT2D eigenvalue weighted by molar-refractivity contribution is 9.10. The van der Waals surface area contributed by atoms with E-state index < -0.39 is 37.8 Å². The fourth-order valence-corrected chi connectivity index (χ4v) is 7.49. The van der Waals surface area contributed by atoms with Crippen LogP contribution in [0, 0.1) is 0 Å². The monoisotopic (exact) mass is 721 g/mol. The Hall–Kier alpha value is -2.48. The lowest BCUT2D eigenvalue weighted by Crippen LogP contribution is -2.56. The number of nitrogens with one attached hydrogen (secondary N) is 1. The molecule has 1 aromatic heterocycles. The first-order valence-corrected chi connectivity index (χ1v) is 20.8. The van der Waals surface area contributed by atoms with Crippen molar-refractivity contribution in [3.63, 3.8) is 0 Å². The Labute approximate surface area is 282 Å². The van der Waals surface area contributed by atoms with Gasteiger partial charge in [-0.2, -0.15) is 0 Å². The van der Waals surface area contributed by atoms with Crippen LogP contribution in [0.15, 0.2) is 22.7 Å². The van der Waals surface area contributed by atoms with E-state index in [4.69, 9.17) is 19.2 Å². The summed E-state index contributed by atoms with van der Waals surface area (Å²) in [5.41, 5.74) is 1.07. The predicted molar refractivity (Wildman–Crippen MR) is 184 cm³/mol. The van der Waals surface area contributed by atoms with Crippen molar-refractivity contribution < 1.29 is 28.6 Å². The van der Waals surface area contributed by atoms with Crippen molar-refractivity contribution in [3.05, 3.63) is 28.5 Å². The molecule has 0 unspecified atom stereocenters. The fourth-order valence-electron chi connectivity index (χ4n) is 6.17. The van der Waals surface area contributed by atoms with E-state index >= 15 is 0 Å². The number of rotatable bonds is 10. The highest BCUT2D eigenvalue weighted by atomic mass is 79.9. The van der Waals surface area contributed by atoms with Crippen LogP contribution >= 0.6 is 15.9 Å². The van der Waals surface area contributed by atoms with Crippen LogP contribution in [0.3, 0.4) is 0 Å². The first kappa shape index (κ1) is 36.4. The highest BCUT2D eigenvalue weighted by Crippen LogP contribution is 2.41. The number of nitrogens with zero attached hydrogens (tertiary/aromatic N) is 4. The summed E-state index contributed by atoms with van der Waals surface area (Å²) in [6.45, 7) is 14.9. The minimum Gasteiger partial charge on any atom is -0.444 e. The molecule has 11 nitrogen and oxygen atoms in total. The van der Waals surface area contributed by atoms with E-state index in [1.807, 2.05) is 23.1 Å². The van der Waals surface area contributed by atoms with Crippen LogP contribution in [-0.2, 0) is 30.5 Å². The quantitative estimate of drug-likeness (QED) is 0.234. The van der Waals surface area contributed by atoms with Crippen molar-refractivity contribution in [2.24, 2.45) is 0 Å². The highest BCUT2D eigenvalue weighted by Gasteiger charge is 2.45. The van der Waals surface area contributed by atoms with Crippen LogP contribution in [-0.4, -0.2) is 95.9 Å². The Balaban J connectivity index is 1.63. The van der Waals surface area contributed by atoms with Crippen LogP contribution in [0.1, 0.15) is 71.7 Å². The van der Waals surface area contributed by atoms with Crippen molar-refractivity contribution in [1.29, 1.82) is 0 Å². The molecule has 1 aromatic carbocycles. The van der Waals surface area contributed by atoms with E-state index in [9.17, 15) is 14.4 Å². The summed E-state index contributed by atoms with van der Waals surface area (Å²) in [7, 11) is 1.95. The zero-order valence-electron chi connectivity index (χ0n) is 28.9. The van der Waals surface area contributed by atoms with Gasteiger partial charge in [-0.1, -0.05) is 25.7 Å². The van der Waals surface area contributed by atoms with E-state index in [1.54, 1.807) is 34.8 Å². The third-order valence-electron chi connectivity index (χ3n) is 8.92. The maximum atomic E-state index is 14.5. The molecule has 2 saturated heterocycles. The van der Waals surface area contributed by atoms with Gasteiger partial charge in [-0.05, 0) is 93.9 Å². The third-order valence-corrected chi connectivity index (χ3v) is 11.3. The first-order valence-electron chi connectivity index (χ1n) is 16.3. The molecule has 0 spiro atoms. The van der Waals surface area contributed by atoms with E-state index in [2.05, 4.69) is 45.5 Å². The zero-order valence-corrected chi connectivity index (χ0v) is 31.5. The lowest BCUT2D eigenvalue weighted by molar-refractivity contribution is -0.142. The lowest BCUT2D eigenvalue weighted by atomic mass is 9.96. The zero-order chi connectivity index (χ0) is 34.0. The molecule has 4 rings (SSSR count). The second kappa shape index (κ2) is 14.7. The summed E-state index contributed by atoms with van der Waals surface area (Å²) in [6, 6.07) is 5.01. The number of ether oxygens (including phenoxy) is 3. The molecule has 1 N–H and O–H groups in total. The number of benzene rings is 1. The van der Waals surface area contributed by atoms with Gasteiger partial charge in [0.05, 0.1) is 23.2 Å². The number of imidazole rings is 1. The number of aromatic nitrogens is 2. The average molecular weight is 723 g/mol. The van der Waals surface area contributed by atoms with Crippen LogP contribution in [0.25, 0.3) is 11.0 Å². The van der Waals surface area contributed by atoms with Crippen LogP contribution in [0.2, 0.25) is 25.7 Å². The number of amides is 3. The molecule has 2 aliphatic heterocycles. The minimum absolute atomic E-state index is 0.0570. The molecule has 2 aromatic rings. The second-order valence-electron chi connectivity index (χ2n) is 14.8. The fraction of sp³-hybridized carbons (Fsp3) is 0.697. The van der Waals surface area contributed by atoms with Gasteiger partial charge in [0.15, 0.2) is 0 Å². The normalized spacial score (nSPS) is 23.1. The van der Waals surface area contributed by atoms with Gasteiger partial charge < -0.3 is 29.0 Å². The second-order valence-corrected chi connectivity index (χ2v) is 21.3. The Morgan fingerprint density at radius 1 is 1.17 bits per heavy atom. The van der Waals surface area contributed by atoms with Gasteiger partial charge in [0, 0.05) is 39.4 Å². The number of fused-ring (bicyclic) bond motifs is 2. The van der Waals surface area contributed by atoms with Gasteiger partial charge in [-0.3, -0.25) is 14.5 Å². The van der Waals surface area contributed by atoms with Gasteiger partial charge in [0.25, 0.3) is 0 Å². The molecule has 13 heteroatoms. The molecule has 2 fully saturated rings. The van der Waals surface area contributed by atoms with Crippen molar-refractivity contribution in [1.82, 2.24) is 24.7 Å². The molecule has 46 heavy (non-hydrogen) atoms. The van der Waals surface area contributed by atoms with E-state index in [1.165, 1.54) is 11.9 Å². The number of para-hydroxylation sites is 1. The molecule has 2 aliphatic rings. The molecule has 0 bridgehead atoms. The molecular formula is C33H52BrN5O6Si. The lowest BCUT2D eigenvalue weighted by Gasteiger charge is -2.38. The van der Waals surface area contributed by atoms with Crippen LogP contribution < -0.4 is 5.32 Å². The standard InChI is InChI=1S/C33H52BrN5O6Si/c1-21(37(5)32(42)45-33(2,3)4)30(40)36-26-15-14-23(43-6)19-22-13-16-27(39(22)31(26)41)29-35-25-12-10-11-24(34)28(25)38(29)20-44-17-18-46(7,8)9/h10-12,21-23,26-27H,13-20H2,1-9H3,(H,36,40)/t21-,22+,23-,26-,27-/m0/s1. The Morgan fingerprint density at radius 2 is 1.89 bits per heavy atom. The summed E-state index contributed by atoms with van der Waals surface area (Å²) in [4.78, 5) is 48.9. The Kier molecular flexibility index (Phi) is 11.6. The number of carbonyl (C=O) groups excluding carboxylic acids is 3. The summed E-state index contributed by atoms with van der Waals surface area (Å²) in [5, 5.41) is 2.98. The number of likely N-dealkylation sites (N-methyl/N-ethyl adjacent to an activating group) is 1. The predicted octanol–water partition coefficient (Wildman–Crippen LogP) is 6.08. The topological polar surface area (TPSA) is 115 Å². The minimum atomic E-state index is -1.28. The molecule has 5 atom stereocenters. The van der Waals surface area contributed by atoms with Crippen LogP contribution in [0.5, 0.6) is 0 Å². The molecule has 0 radical (unpaired) electrons. The number of hydrogen-bond donors (Lipinski definition) is 1. The number of hydrogen-bond acceptors (Lipinski definition) is 7. The summed E-state index contributed by atoms with van der Waals surface area (Å²) in [6.07, 6.45) is 2.65. The van der Waals surface area contributed by atoms with Crippen molar-refractivity contribution in [3.8, 4) is 0 Å². The van der Waals surface area contributed by atoms with E-state index in [0.29, 0.717) is 32.6 Å². The van der Waals surface area contributed by atoms with Crippen molar-refractivity contribution in [2.75, 3.05) is 20.8 Å². The van der Waals surface area contributed by atoms with Crippen molar-refractivity contribution in [2.45, 2.75) is 128 Å². The van der Waals surface area contributed by atoms with E-state index in [-0.39, 0.29) is 24.1 Å². The molecule has 256 valence electrons. The number of carbonyl (C=O) groups is 3. The maximum Gasteiger partial charge on any atom is 0.410 e. The third kappa shape index (κ3) is 8.70. The number of halogens is 1. The largest absolute Gasteiger partial charge is 0.444 e. The Morgan fingerprint density at radius 3 is 2.54 bits per heavy atom. The SMILES string of the molecule is CO[C@H]1CC[C@H](NC(=O)[C@H](C)N(C)C(=O)OC(C)(C)C)C(=O)N2[C@H](CC[C@H]2c2nc3cccc(Br)c3n2COCC[Si](C)(C)C)C1. The maximum absolute atomic E-state index is 14.5. The molecular weight excluding hydrogens is 670 g/mol. The van der Waals surface area contributed by atoms with Gasteiger partial charge in [0.1, 0.15) is 30.2 Å². The van der Waals surface area contributed by atoms with Gasteiger partial charge in [-0.15, -0.1) is 0 Å². The van der Waals surface area contributed by atoms with E-state index in [0.717, 1.165) is 40.2 Å². The molecule has 3 heterocycles. The molecule has 3 amide bonds. The summed E-state index contributed by atoms with van der Waals surface area (Å²) >= 11 is 3.73. The Bertz CT molecular complexity index is 1410. The smallest absolute Gasteiger partial charge is 0.410 e. The van der Waals surface area contributed by atoms with Gasteiger partial charge >= 0.3 is 6.09 Å². The van der Waals surface area contributed by atoms with Crippen LogP contribution in [0.4, 0.5) is 4.79 Å². The summed E-state index contributed by atoms with van der Waals surface area (Å²) in [5.74, 6) is 0.226. The first-order chi connectivity index (χ1) is 21.5. The van der Waals surface area contributed by atoms with Gasteiger partial charge in [0.2, 0.25) is 11.8 Å². The van der Waals surface area contributed by atoms with Crippen molar-refractivity contribution >= 4 is 52.9 Å².